The molecule has 3 N–H and O–H groups in total. The van der Waals surface area contributed by atoms with Crippen LogP contribution in [0.2, 0.25) is 0 Å². The van der Waals surface area contributed by atoms with Crippen molar-refractivity contribution in [2.45, 2.75) is 20.8 Å². The number of amides is 2. The normalized spacial score (nSPS) is 14.8. The van der Waals surface area contributed by atoms with Gasteiger partial charge in [-0.1, -0.05) is 15.9 Å². The largest absolute Gasteiger partial charge is 0.478 e. The molecule has 0 radical (unpaired) electrons. The molecule has 2 heterocycles. The summed E-state index contributed by atoms with van der Waals surface area (Å²) in [6, 6.07) is 10.8. The van der Waals surface area contributed by atoms with Crippen molar-refractivity contribution in [1.29, 1.82) is 0 Å². The second-order valence-corrected chi connectivity index (χ2v) is 9.73. The first-order valence-corrected chi connectivity index (χ1v) is 12.1. The van der Waals surface area contributed by atoms with E-state index in [1.807, 2.05) is 13.0 Å². The van der Waals surface area contributed by atoms with E-state index < -0.39 is 23.8 Å². The van der Waals surface area contributed by atoms with Gasteiger partial charge in [0.25, 0.3) is 11.8 Å². The standard InChI is InChI=1S/C26H20BrN3O6S/c1-12-6-18(27)4-5-21(12)30-23(32)20(22(31)28-26(30)37)11-15-7-13(2)29(14(15)3)19-9-16(24(33)34)8-17(10-19)25(35)36/h4-11H,1-3H3,(H,33,34)(H,35,36)(H,28,31,37)/b20-11+. The number of rotatable bonds is 5. The molecule has 3 aromatic rings. The van der Waals surface area contributed by atoms with E-state index in [0.717, 1.165) is 16.1 Å². The van der Waals surface area contributed by atoms with Crippen LogP contribution >= 0.6 is 28.1 Å². The average Bonchev–Trinajstić information content (AvgIpc) is 3.10. The molecule has 1 saturated heterocycles. The zero-order valence-electron chi connectivity index (χ0n) is 19.8. The van der Waals surface area contributed by atoms with E-state index >= 15 is 0 Å². The van der Waals surface area contributed by atoms with Crippen LogP contribution in [0.4, 0.5) is 5.69 Å². The fourth-order valence-corrected chi connectivity index (χ4v) is 4.97. The maximum atomic E-state index is 13.5. The van der Waals surface area contributed by atoms with Crippen molar-refractivity contribution in [2.75, 3.05) is 4.90 Å². The number of carboxylic acids is 2. The van der Waals surface area contributed by atoms with Crippen LogP contribution in [0.3, 0.4) is 0 Å². The minimum atomic E-state index is -1.27. The third kappa shape index (κ3) is 4.83. The Morgan fingerprint density at radius 1 is 0.973 bits per heavy atom. The molecule has 0 unspecified atom stereocenters. The molecule has 4 rings (SSSR count). The van der Waals surface area contributed by atoms with Crippen molar-refractivity contribution in [1.82, 2.24) is 9.88 Å². The van der Waals surface area contributed by atoms with Crippen LogP contribution in [0, 0.1) is 20.8 Å². The number of nitrogens with one attached hydrogen (secondary N) is 1. The number of nitrogens with zero attached hydrogens (tertiary/aromatic N) is 2. The Bertz CT molecular complexity index is 1540. The Balaban J connectivity index is 1.81. The minimum Gasteiger partial charge on any atom is -0.478 e. The van der Waals surface area contributed by atoms with E-state index in [2.05, 4.69) is 21.2 Å². The van der Waals surface area contributed by atoms with Gasteiger partial charge in [-0.05, 0) is 92.7 Å². The summed E-state index contributed by atoms with van der Waals surface area (Å²) in [7, 11) is 0. The second kappa shape index (κ2) is 9.75. The van der Waals surface area contributed by atoms with Gasteiger partial charge >= 0.3 is 11.9 Å². The van der Waals surface area contributed by atoms with Crippen LogP contribution in [0.15, 0.2) is 52.5 Å². The number of carbonyl (C=O) groups excluding carboxylic acids is 2. The molecule has 1 fully saturated rings. The van der Waals surface area contributed by atoms with Gasteiger partial charge in [-0.15, -0.1) is 0 Å². The van der Waals surface area contributed by atoms with Crippen LogP contribution in [0.25, 0.3) is 11.8 Å². The van der Waals surface area contributed by atoms with Crippen LogP contribution in [-0.4, -0.2) is 43.6 Å². The van der Waals surface area contributed by atoms with Crippen molar-refractivity contribution in [3.05, 3.63) is 86.2 Å². The smallest absolute Gasteiger partial charge is 0.335 e. The quantitative estimate of drug-likeness (QED) is 0.231. The van der Waals surface area contributed by atoms with Crippen LogP contribution in [-0.2, 0) is 9.59 Å². The molecule has 9 nitrogen and oxygen atoms in total. The Morgan fingerprint density at radius 3 is 2.16 bits per heavy atom. The molecular formula is C26H20BrN3O6S. The number of carbonyl (C=O) groups is 4. The van der Waals surface area contributed by atoms with E-state index in [0.29, 0.717) is 28.3 Å². The third-order valence-corrected chi connectivity index (χ3v) is 6.72. The fraction of sp³-hybridized carbons (Fsp3) is 0.115. The number of aromatic carboxylic acids is 2. The number of halogens is 1. The van der Waals surface area contributed by atoms with Gasteiger partial charge in [0.2, 0.25) is 0 Å². The maximum absolute atomic E-state index is 13.5. The lowest BCUT2D eigenvalue weighted by molar-refractivity contribution is -0.122. The molecule has 1 aliphatic heterocycles. The first-order chi connectivity index (χ1) is 17.4. The summed E-state index contributed by atoms with van der Waals surface area (Å²) in [6.45, 7) is 5.29. The zero-order chi connectivity index (χ0) is 27.2. The summed E-state index contributed by atoms with van der Waals surface area (Å²) >= 11 is 8.68. The minimum absolute atomic E-state index is 0.0327. The number of thiocarbonyl (C=S) groups is 1. The molecule has 0 bridgehead atoms. The van der Waals surface area contributed by atoms with Crippen LogP contribution < -0.4 is 10.2 Å². The van der Waals surface area contributed by atoms with Gasteiger partial charge < -0.3 is 14.8 Å². The molecule has 37 heavy (non-hydrogen) atoms. The van der Waals surface area contributed by atoms with Crippen molar-refractivity contribution >= 4 is 68.8 Å². The highest BCUT2D eigenvalue weighted by Gasteiger charge is 2.35. The monoisotopic (exact) mass is 581 g/mol. The van der Waals surface area contributed by atoms with Gasteiger partial charge in [-0.25, -0.2) is 9.59 Å². The number of anilines is 1. The maximum Gasteiger partial charge on any atom is 0.335 e. The highest BCUT2D eigenvalue weighted by molar-refractivity contribution is 9.10. The third-order valence-electron chi connectivity index (χ3n) is 5.94. The van der Waals surface area contributed by atoms with Gasteiger partial charge in [0.05, 0.1) is 16.8 Å². The second-order valence-electron chi connectivity index (χ2n) is 8.43. The number of hydrogen-bond acceptors (Lipinski definition) is 5. The molecule has 11 heteroatoms. The summed E-state index contributed by atoms with van der Waals surface area (Å²) in [4.78, 5) is 50.7. The predicted molar refractivity (Wildman–Crippen MR) is 144 cm³/mol. The topological polar surface area (TPSA) is 129 Å². The first kappa shape index (κ1) is 26.0. The molecule has 1 aromatic heterocycles. The van der Waals surface area contributed by atoms with Gasteiger partial charge in [0, 0.05) is 21.5 Å². The van der Waals surface area contributed by atoms with Gasteiger partial charge in [0.15, 0.2) is 5.11 Å². The highest BCUT2D eigenvalue weighted by Crippen LogP contribution is 2.29. The molecule has 0 spiro atoms. The summed E-state index contributed by atoms with van der Waals surface area (Å²) in [6.07, 6.45) is 1.44. The van der Waals surface area contributed by atoms with Gasteiger partial charge in [0.1, 0.15) is 5.57 Å². The molecule has 2 amide bonds. The molecule has 0 atom stereocenters. The zero-order valence-corrected chi connectivity index (χ0v) is 22.2. The lowest BCUT2D eigenvalue weighted by Crippen LogP contribution is -2.54. The summed E-state index contributed by atoms with van der Waals surface area (Å²) in [5.74, 6) is -3.77. The molecule has 2 aromatic carbocycles. The Labute approximate surface area is 225 Å². The lowest BCUT2D eigenvalue weighted by Gasteiger charge is -2.30. The highest BCUT2D eigenvalue weighted by atomic mass is 79.9. The average molecular weight is 582 g/mol. The first-order valence-electron chi connectivity index (χ1n) is 10.9. The van der Waals surface area contributed by atoms with E-state index in [9.17, 15) is 29.4 Å². The molecule has 1 aliphatic rings. The molecular weight excluding hydrogens is 562 g/mol. The Morgan fingerprint density at radius 2 is 1.59 bits per heavy atom. The van der Waals surface area contributed by atoms with E-state index in [-0.39, 0.29) is 21.8 Å². The lowest BCUT2D eigenvalue weighted by atomic mass is 10.1. The van der Waals surface area contributed by atoms with Crippen molar-refractivity contribution in [3.63, 3.8) is 0 Å². The van der Waals surface area contributed by atoms with Crippen LogP contribution in [0.5, 0.6) is 0 Å². The molecule has 0 aliphatic carbocycles. The van der Waals surface area contributed by atoms with Crippen molar-refractivity contribution in [3.8, 4) is 5.69 Å². The van der Waals surface area contributed by atoms with Crippen LogP contribution in [0.1, 0.15) is 43.2 Å². The Hall–Kier alpha value is -4.09. The van der Waals surface area contributed by atoms with E-state index in [1.165, 1.54) is 23.1 Å². The van der Waals surface area contributed by atoms with Gasteiger partial charge in [-0.3, -0.25) is 19.8 Å². The molecule has 188 valence electrons. The Kier molecular flexibility index (Phi) is 6.85. The van der Waals surface area contributed by atoms with E-state index in [1.54, 1.807) is 36.6 Å². The van der Waals surface area contributed by atoms with E-state index in [4.69, 9.17) is 12.2 Å². The van der Waals surface area contributed by atoms with Gasteiger partial charge in [-0.2, -0.15) is 0 Å². The fourth-order valence-electron chi connectivity index (χ4n) is 4.22. The predicted octanol–water partition coefficient (Wildman–Crippen LogP) is 4.39. The number of carboxylic acid groups (broad SMARTS) is 2. The number of aromatic nitrogens is 1. The number of hydrogen-bond donors (Lipinski definition) is 3. The van der Waals surface area contributed by atoms with Crippen molar-refractivity contribution in [2.24, 2.45) is 0 Å². The summed E-state index contributed by atoms with van der Waals surface area (Å²) < 4.78 is 2.49. The molecule has 0 saturated carbocycles. The van der Waals surface area contributed by atoms with Crippen molar-refractivity contribution < 1.29 is 29.4 Å². The summed E-state index contributed by atoms with van der Waals surface area (Å²) in [5, 5.41) is 21.4. The summed E-state index contributed by atoms with van der Waals surface area (Å²) in [5.41, 5.74) is 2.86. The number of benzene rings is 2. The number of aryl methyl sites for hydroxylation is 2. The SMILES string of the molecule is Cc1cc(Br)ccc1N1C(=O)/C(=C/c2cc(C)n(-c3cc(C(=O)O)cc(C(=O)O)c3)c2C)C(=O)NC1=S.